The van der Waals surface area contributed by atoms with Gasteiger partial charge in [-0.2, -0.15) is 0 Å². The highest BCUT2D eigenvalue weighted by Crippen LogP contribution is 2.53. The molecule has 5 rings (SSSR count). The van der Waals surface area contributed by atoms with Gasteiger partial charge in [-0.1, -0.05) is 41.4 Å². The second-order valence-electron chi connectivity index (χ2n) is 9.72. The van der Waals surface area contributed by atoms with Crippen LogP contribution in [0.25, 0.3) is 0 Å². The van der Waals surface area contributed by atoms with Crippen LogP contribution in [-0.2, 0) is 25.2 Å². The number of amides is 2. The van der Waals surface area contributed by atoms with Gasteiger partial charge in [-0.05, 0) is 49.2 Å². The number of anilines is 1. The molecule has 0 bridgehead atoms. The van der Waals surface area contributed by atoms with Gasteiger partial charge in [0.25, 0.3) is 15.9 Å². The van der Waals surface area contributed by atoms with Gasteiger partial charge in [0.2, 0.25) is 5.91 Å². The molecule has 13 heteroatoms. The van der Waals surface area contributed by atoms with Crippen LogP contribution in [0.15, 0.2) is 65.6 Å². The third-order valence-electron chi connectivity index (χ3n) is 7.53. The fourth-order valence-corrected chi connectivity index (χ4v) is 7.76. The molecular weight excluding hydrogens is 593 g/mol. The Morgan fingerprint density at radius 2 is 1.71 bits per heavy atom. The number of ether oxygens (including phenoxy) is 2. The van der Waals surface area contributed by atoms with Crippen LogP contribution >= 0.6 is 23.2 Å². The van der Waals surface area contributed by atoms with Gasteiger partial charge in [-0.15, -0.1) is 0 Å². The SMILES string of the molecule is COc1ccc(S(=O)(=O)N2c3ccc(Cl)cc3[C@](O)(c3ccccc3Cl)C2C(=O)N2CCCC2C(N)=O)cc1OC. The van der Waals surface area contributed by atoms with E-state index in [9.17, 15) is 23.1 Å². The van der Waals surface area contributed by atoms with Gasteiger partial charge in [0.1, 0.15) is 11.6 Å². The molecule has 3 atom stereocenters. The van der Waals surface area contributed by atoms with Gasteiger partial charge in [-0.3, -0.25) is 9.59 Å². The fraction of sp³-hybridized carbons (Fsp3) is 0.286. The van der Waals surface area contributed by atoms with Crippen molar-refractivity contribution in [2.24, 2.45) is 5.73 Å². The molecule has 3 aromatic rings. The van der Waals surface area contributed by atoms with Crippen LogP contribution in [0.4, 0.5) is 5.69 Å². The molecule has 216 valence electrons. The summed E-state index contributed by atoms with van der Waals surface area (Å²) in [6, 6.07) is 11.8. The van der Waals surface area contributed by atoms with E-state index in [1.165, 1.54) is 67.7 Å². The van der Waals surface area contributed by atoms with Crippen molar-refractivity contribution >= 4 is 50.7 Å². The third kappa shape index (κ3) is 4.57. The minimum Gasteiger partial charge on any atom is -0.493 e. The Morgan fingerprint density at radius 3 is 2.37 bits per heavy atom. The summed E-state index contributed by atoms with van der Waals surface area (Å²) in [4.78, 5) is 27.7. The summed E-state index contributed by atoms with van der Waals surface area (Å²) >= 11 is 12.9. The van der Waals surface area contributed by atoms with Crippen LogP contribution in [0.5, 0.6) is 11.5 Å². The van der Waals surface area contributed by atoms with E-state index in [1.54, 1.807) is 12.1 Å². The van der Waals surface area contributed by atoms with Crippen molar-refractivity contribution in [2.75, 3.05) is 25.1 Å². The Kier molecular flexibility index (Phi) is 7.58. The topological polar surface area (TPSA) is 139 Å². The van der Waals surface area contributed by atoms with Crippen LogP contribution in [0.1, 0.15) is 24.0 Å². The monoisotopic (exact) mass is 619 g/mol. The number of aliphatic hydroxyl groups is 1. The van der Waals surface area contributed by atoms with E-state index < -0.39 is 39.5 Å². The zero-order valence-electron chi connectivity index (χ0n) is 22.1. The van der Waals surface area contributed by atoms with Gasteiger partial charge in [0.05, 0.1) is 24.8 Å². The number of nitrogens with two attached hydrogens (primary N) is 1. The summed E-state index contributed by atoms with van der Waals surface area (Å²) in [5.41, 5.74) is 3.46. The minimum absolute atomic E-state index is 0.0137. The number of nitrogens with zero attached hydrogens (tertiary/aromatic N) is 2. The van der Waals surface area contributed by atoms with Crippen LogP contribution < -0.4 is 19.5 Å². The maximum Gasteiger partial charge on any atom is 0.265 e. The second kappa shape index (κ2) is 10.7. The van der Waals surface area contributed by atoms with Crippen molar-refractivity contribution in [3.63, 3.8) is 0 Å². The standard InChI is InChI=1S/C28H27Cl2N3O7S/c1-39-23-12-10-17(15-24(23)40-2)41(37,38)33-21-11-9-16(29)14-19(21)28(36,18-6-3-4-7-20(18)30)25(33)27(35)32-13-5-8-22(32)26(31)34/h3-4,6-7,9-12,14-15,22,25,36H,5,8,13H2,1-2H3,(H2,31,34)/t22?,25?,28-/m1/s1. The molecule has 0 saturated carbocycles. The van der Waals surface area contributed by atoms with Crippen LogP contribution in [-0.4, -0.2) is 63.1 Å². The lowest BCUT2D eigenvalue weighted by atomic mass is 9.82. The van der Waals surface area contributed by atoms with Crippen molar-refractivity contribution < 1.29 is 32.6 Å². The molecule has 2 aliphatic heterocycles. The van der Waals surface area contributed by atoms with Crippen molar-refractivity contribution in [1.82, 2.24) is 4.90 Å². The first-order valence-electron chi connectivity index (χ1n) is 12.6. The molecule has 2 aliphatic rings. The maximum atomic E-state index is 14.5. The van der Waals surface area contributed by atoms with Gasteiger partial charge in [0.15, 0.2) is 17.5 Å². The van der Waals surface area contributed by atoms with E-state index in [0.29, 0.717) is 18.6 Å². The lowest BCUT2D eigenvalue weighted by Crippen LogP contribution is -2.59. The average molecular weight is 621 g/mol. The third-order valence-corrected chi connectivity index (χ3v) is 9.87. The Bertz CT molecular complexity index is 1650. The Labute approximate surface area is 247 Å². The lowest BCUT2D eigenvalue weighted by Gasteiger charge is -2.38. The summed E-state index contributed by atoms with van der Waals surface area (Å²) in [7, 11) is -1.81. The van der Waals surface area contributed by atoms with E-state index in [0.717, 1.165) is 4.31 Å². The number of rotatable bonds is 7. The van der Waals surface area contributed by atoms with Gasteiger partial charge in [0, 0.05) is 33.8 Å². The first-order valence-corrected chi connectivity index (χ1v) is 14.8. The van der Waals surface area contributed by atoms with Gasteiger partial charge < -0.3 is 25.2 Å². The van der Waals surface area contributed by atoms with Crippen LogP contribution in [0, 0.1) is 0 Å². The normalized spacial score (nSPS) is 22.0. The number of carbonyl (C=O) groups is 2. The molecule has 2 amide bonds. The van der Waals surface area contributed by atoms with Crippen molar-refractivity contribution in [2.45, 2.75) is 35.4 Å². The summed E-state index contributed by atoms with van der Waals surface area (Å²) < 4.78 is 40.4. The number of methoxy groups -OCH3 is 2. The highest BCUT2D eigenvalue weighted by molar-refractivity contribution is 7.93. The smallest absolute Gasteiger partial charge is 0.265 e. The molecule has 0 radical (unpaired) electrons. The fourth-order valence-electron chi connectivity index (χ4n) is 5.65. The van der Waals surface area contributed by atoms with Crippen LogP contribution in [0.3, 0.4) is 0 Å². The quantitative estimate of drug-likeness (QED) is 0.413. The van der Waals surface area contributed by atoms with Crippen LogP contribution in [0.2, 0.25) is 10.0 Å². The highest BCUT2D eigenvalue weighted by Gasteiger charge is 2.61. The molecule has 2 unspecified atom stereocenters. The molecule has 3 aromatic carbocycles. The number of fused-ring (bicyclic) bond motifs is 1. The number of halogens is 2. The molecule has 3 N–H and O–H groups in total. The number of benzene rings is 3. The zero-order valence-corrected chi connectivity index (χ0v) is 24.4. The molecular formula is C28H27Cl2N3O7S. The number of primary amides is 1. The largest absolute Gasteiger partial charge is 0.493 e. The highest BCUT2D eigenvalue weighted by atomic mass is 35.5. The Morgan fingerprint density at radius 1 is 1.00 bits per heavy atom. The molecule has 1 fully saturated rings. The lowest BCUT2D eigenvalue weighted by molar-refractivity contribution is -0.141. The number of likely N-dealkylation sites (tertiary alicyclic amines) is 1. The van der Waals surface area contributed by atoms with E-state index in [4.69, 9.17) is 38.4 Å². The van der Waals surface area contributed by atoms with Crippen molar-refractivity contribution in [3.05, 3.63) is 81.8 Å². The van der Waals surface area contributed by atoms with E-state index in [1.807, 2.05) is 0 Å². The molecule has 1 saturated heterocycles. The Balaban J connectivity index is 1.80. The molecule has 0 aromatic heterocycles. The van der Waals surface area contributed by atoms with Crippen molar-refractivity contribution in [1.29, 1.82) is 0 Å². The number of hydrogen-bond acceptors (Lipinski definition) is 7. The molecule has 41 heavy (non-hydrogen) atoms. The Hall–Kier alpha value is -3.51. The molecule has 0 aliphatic carbocycles. The molecule has 2 heterocycles. The van der Waals surface area contributed by atoms with Gasteiger partial charge >= 0.3 is 0 Å². The number of hydrogen-bond donors (Lipinski definition) is 2. The molecule has 0 spiro atoms. The zero-order chi connectivity index (χ0) is 29.7. The van der Waals surface area contributed by atoms with E-state index in [2.05, 4.69) is 0 Å². The maximum absolute atomic E-state index is 14.5. The molecule has 10 nitrogen and oxygen atoms in total. The average Bonchev–Trinajstić information content (AvgIpc) is 3.55. The predicted octanol–water partition coefficient (Wildman–Crippen LogP) is 3.30. The number of carbonyl (C=O) groups excluding carboxylic acids is 2. The minimum atomic E-state index is -4.59. The summed E-state index contributed by atoms with van der Waals surface area (Å²) in [6.45, 7) is 0.142. The first kappa shape index (κ1) is 29.0. The summed E-state index contributed by atoms with van der Waals surface area (Å²) in [6.07, 6.45) is 0.775. The second-order valence-corrected chi connectivity index (χ2v) is 12.4. The van der Waals surface area contributed by atoms with E-state index in [-0.39, 0.29) is 44.0 Å². The summed E-state index contributed by atoms with van der Waals surface area (Å²) in [5.74, 6) is -1.11. The van der Waals surface area contributed by atoms with Crippen molar-refractivity contribution in [3.8, 4) is 11.5 Å². The predicted molar refractivity (Wildman–Crippen MR) is 153 cm³/mol. The van der Waals surface area contributed by atoms with E-state index >= 15 is 0 Å². The summed E-state index contributed by atoms with van der Waals surface area (Å²) in [5, 5.41) is 12.9. The van der Waals surface area contributed by atoms with Gasteiger partial charge in [-0.25, -0.2) is 12.7 Å². The first-order chi connectivity index (χ1) is 19.5. The number of sulfonamides is 1.